The van der Waals surface area contributed by atoms with Crippen LogP contribution in [-0.2, 0) is 5.54 Å². The van der Waals surface area contributed by atoms with Crippen molar-refractivity contribution in [2.24, 2.45) is 5.73 Å². The molecule has 0 saturated carbocycles. The highest BCUT2D eigenvalue weighted by atomic mass is 16.5. The Kier molecular flexibility index (Phi) is 2.91. The van der Waals surface area contributed by atoms with E-state index < -0.39 is 5.54 Å². The second kappa shape index (κ2) is 4.61. The Morgan fingerprint density at radius 2 is 1.85 bits per heavy atom. The molecule has 5 heteroatoms. The van der Waals surface area contributed by atoms with Crippen molar-refractivity contribution in [2.45, 2.75) is 12.5 Å². The summed E-state index contributed by atoms with van der Waals surface area (Å²) in [6, 6.07) is 13.5. The number of pyridine rings is 1. The van der Waals surface area contributed by atoms with Gasteiger partial charge in [-0.15, -0.1) is 0 Å². The average Bonchev–Trinajstić information content (AvgIpc) is 2.91. The minimum Gasteiger partial charge on any atom is -0.481 e. The maximum Gasteiger partial charge on any atom is 0.215 e. The number of imidazole rings is 1. The molecule has 1 atom stereocenters. The minimum absolute atomic E-state index is 0.536. The molecule has 0 fully saturated rings. The number of aromatic amines is 1. The second-order valence-electron chi connectivity index (χ2n) is 4.88. The summed E-state index contributed by atoms with van der Waals surface area (Å²) in [5.74, 6) is 1.22. The van der Waals surface area contributed by atoms with Crippen LogP contribution < -0.4 is 10.5 Å². The number of nitrogens with one attached hydrogen (secondary N) is 1. The number of nitrogens with two attached hydrogens (primary N) is 1. The van der Waals surface area contributed by atoms with E-state index in [-0.39, 0.29) is 0 Å². The van der Waals surface area contributed by atoms with Gasteiger partial charge in [-0.1, -0.05) is 30.3 Å². The zero-order chi connectivity index (χ0) is 14.2. The van der Waals surface area contributed by atoms with Crippen LogP contribution in [0.25, 0.3) is 11.2 Å². The van der Waals surface area contributed by atoms with E-state index >= 15 is 0 Å². The summed E-state index contributed by atoms with van der Waals surface area (Å²) in [5, 5.41) is 0. The molecule has 0 aliphatic heterocycles. The first-order valence-electron chi connectivity index (χ1n) is 6.37. The summed E-state index contributed by atoms with van der Waals surface area (Å²) < 4.78 is 5.11. The molecule has 0 spiro atoms. The number of fused-ring (bicyclic) bond motifs is 1. The van der Waals surface area contributed by atoms with Gasteiger partial charge in [0.25, 0.3) is 0 Å². The SMILES string of the molecule is COc1ccc2[nH]c(C(C)(N)c3ccccc3)nc2n1. The van der Waals surface area contributed by atoms with Gasteiger partial charge in [0.05, 0.1) is 18.2 Å². The van der Waals surface area contributed by atoms with Crippen LogP contribution in [0.2, 0.25) is 0 Å². The zero-order valence-electron chi connectivity index (χ0n) is 11.4. The van der Waals surface area contributed by atoms with E-state index in [1.165, 1.54) is 0 Å². The Bertz CT molecular complexity index is 734. The summed E-state index contributed by atoms with van der Waals surface area (Å²) in [6.07, 6.45) is 0. The van der Waals surface area contributed by atoms with E-state index in [9.17, 15) is 0 Å². The number of methoxy groups -OCH3 is 1. The van der Waals surface area contributed by atoms with Crippen molar-refractivity contribution in [3.8, 4) is 5.88 Å². The highest BCUT2D eigenvalue weighted by molar-refractivity contribution is 5.71. The highest BCUT2D eigenvalue weighted by Crippen LogP contribution is 2.26. The van der Waals surface area contributed by atoms with Gasteiger partial charge in [-0.05, 0) is 18.6 Å². The monoisotopic (exact) mass is 268 g/mol. The topological polar surface area (TPSA) is 76.8 Å². The predicted molar refractivity (Wildman–Crippen MR) is 77.5 cm³/mol. The summed E-state index contributed by atoms with van der Waals surface area (Å²) in [6.45, 7) is 1.93. The number of rotatable bonds is 3. The Morgan fingerprint density at radius 1 is 1.10 bits per heavy atom. The van der Waals surface area contributed by atoms with Gasteiger partial charge >= 0.3 is 0 Å². The lowest BCUT2D eigenvalue weighted by molar-refractivity contribution is 0.399. The molecule has 0 saturated heterocycles. The normalized spacial score (nSPS) is 14.2. The fourth-order valence-electron chi connectivity index (χ4n) is 2.16. The third kappa shape index (κ3) is 2.02. The van der Waals surface area contributed by atoms with Gasteiger partial charge in [-0.25, -0.2) is 4.98 Å². The number of benzene rings is 1. The lowest BCUT2D eigenvalue weighted by Gasteiger charge is -2.22. The predicted octanol–water partition coefficient (Wildman–Crippen LogP) is 2.19. The summed E-state index contributed by atoms with van der Waals surface area (Å²) >= 11 is 0. The van der Waals surface area contributed by atoms with E-state index in [2.05, 4.69) is 15.0 Å². The van der Waals surface area contributed by atoms with Crippen molar-refractivity contribution in [3.63, 3.8) is 0 Å². The largest absolute Gasteiger partial charge is 0.481 e. The molecule has 102 valence electrons. The lowest BCUT2D eigenvalue weighted by Crippen LogP contribution is -2.35. The van der Waals surface area contributed by atoms with Crippen LogP contribution in [0.5, 0.6) is 5.88 Å². The zero-order valence-corrected chi connectivity index (χ0v) is 11.4. The van der Waals surface area contributed by atoms with Crippen LogP contribution in [0, 0.1) is 0 Å². The third-order valence-corrected chi connectivity index (χ3v) is 3.39. The third-order valence-electron chi connectivity index (χ3n) is 3.39. The molecule has 3 N–H and O–H groups in total. The van der Waals surface area contributed by atoms with Gasteiger partial charge in [-0.3, -0.25) is 0 Å². The number of hydrogen-bond acceptors (Lipinski definition) is 4. The molecular weight excluding hydrogens is 252 g/mol. The molecule has 3 rings (SSSR count). The van der Waals surface area contributed by atoms with Crippen molar-refractivity contribution < 1.29 is 4.74 Å². The van der Waals surface area contributed by atoms with E-state index in [4.69, 9.17) is 10.5 Å². The van der Waals surface area contributed by atoms with Crippen molar-refractivity contribution in [3.05, 3.63) is 53.9 Å². The molecule has 3 aromatic rings. The maximum atomic E-state index is 6.44. The average molecular weight is 268 g/mol. The lowest BCUT2D eigenvalue weighted by atomic mass is 9.92. The Balaban J connectivity index is 2.10. The Morgan fingerprint density at radius 3 is 2.55 bits per heavy atom. The van der Waals surface area contributed by atoms with Crippen LogP contribution >= 0.6 is 0 Å². The fraction of sp³-hybridized carbons (Fsp3) is 0.200. The first-order valence-corrected chi connectivity index (χ1v) is 6.37. The van der Waals surface area contributed by atoms with Gasteiger partial charge in [0.2, 0.25) is 5.88 Å². The number of ether oxygens (including phenoxy) is 1. The minimum atomic E-state index is -0.699. The molecule has 0 bridgehead atoms. The molecule has 0 radical (unpaired) electrons. The van der Waals surface area contributed by atoms with Crippen LogP contribution in [0.4, 0.5) is 0 Å². The number of nitrogens with zero attached hydrogens (tertiary/aromatic N) is 2. The molecule has 0 aliphatic carbocycles. The van der Waals surface area contributed by atoms with Gasteiger partial charge in [-0.2, -0.15) is 4.98 Å². The standard InChI is InChI=1S/C15H16N4O/c1-15(16,10-6-4-3-5-7-10)14-17-11-8-9-12(20-2)18-13(11)19-14/h3-9H,16H2,1-2H3,(H,17,18,19). The molecule has 2 heterocycles. The van der Waals surface area contributed by atoms with Crippen LogP contribution in [0.3, 0.4) is 0 Å². The molecule has 20 heavy (non-hydrogen) atoms. The van der Waals surface area contributed by atoms with Crippen molar-refractivity contribution in [1.82, 2.24) is 15.0 Å². The smallest absolute Gasteiger partial charge is 0.215 e. The molecule has 1 unspecified atom stereocenters. The molecule has 5 nitrogen and oxygen atoms in total. The van der Waals surface area contributed by atoms with E-state index in [1.54, 1.807) is 13.2 Å². The number of aromatic nitrogens is 3. The van der Waals surface area contributed by atoms with Crippen LogP contribution in [0.1, 0.15) is 18.3 Å². The van der Waals surface area contributed by atoms with Crippen molar-refractivity contribution in [2.75, 3.05) is 7.11 Å². The molecular formula is C15H16N4O. The quantitative estimate of drug-likeness (QED) is 0.763. The maximum absolute atomic E-state index is 6.44. The second-order valence-corrected chi connectivity index (χ2v) is 4.88. The van der Waals surface area contributed by atoms with Crippen molar-refractivity contribution >= 4 is 11.2 Å². The van der Waals surface area contributed by atoms with Crippen LogP contribution in [-0.4, -0.2) is 22.1 Å². The first-order chi connectivity index (χ1) is 9.61. The van der Waals surface area contributed by atoms with E-state index in [0.29, 0.717) is 17.4 Å². The van der Waals surface area contributed by atoms with Gasteiger partial charge in [0.1, 0.15) is 5.82 Å². The molecule has 1 aromatic carbocycles. The van der Waals surface area contributed by atoms with Gasteiger partial charge < -0.3 is 15.5 Å². The van der Waals surface area contributed by atoms with E-state index in [0.717, 1.165) is 11.1 Å². The van der Waals surface area contributed by atoms with Gasteiger partial charge in [0.15, 0.2) is 5.65 Å². The molecule has 0 aliphatic rings. The fourth-order valence-corrected chi connectivity index (χ4v) is 2.16. The van der Waals surface area contributed by atoms with Crippen LogP contribution in [0.15, 0.2) is 42.5 Å². The van der Waals surface area contributed by atoms with E-state index in [1.807, 2.05) is 43.3 Å². The first kappa shape index (κ1) is 12.6. The Labute approximate surface area is 116 Å². The summed E-state index contributed by atoms with van der Waals surface area (Å²) in [7, 11) is 1.58. The van der Waals surface area contributed by atoms with Crippen molar-refractivity contribution in [1.29, 1.82) is 0 Å². The molecule has 2 aromatic heterocycles. The Hall–Kier alpha value is -2.40. The molecule has 0 amide bonds. The summed E-state index contributed by atoms with van der Waals surface area (Å²) in [5.41, 5.74) is 8.18. The highest BCUT2D eigenvalue weighted by Gasteiger charge is 2.27. The van der Waals surface area contributed by atoms with Gasteiger partial charge in [0, 0.05) is 6.07 Å². The number of hydrogen-bond donors (Lipinski definition) is 2. The number of H-pyrrole nitrogens is 1. The summed E-state index contributed by atoms with van der Waals surface area (Å²) in [4.78, 5) is 12.0.